The van der Waals surface area contributed by atoms with Crippen molar-refractivity contribution in [3.63, 3.8) is 0 Å². The molecule has 0 bridgehead atoms. The van der Waals surface area contributed by atoms with Crippen molar-refractivity contribution in [2.75, 3.05) is 13.2 Å². The highest BCUT2D eigenvalue weighted by atomic mass is 79.9. The molecule has 2 rings (SSSR count). The molecule has 0 amide bonds. The molecule has 26 heavy (non-hydrogen) atoms. The van der Waals surface area contributed by atoms with Gasteiger partial charge in [0.25, 0.3) is 0 Å². The molecule has 2 atom stereocenters. The smallest absolute Gasteiger partial charge is 0.340 e. The van der Waals surface area contributed by atoms with Crippen molar-refractivity contribution in [1.29, 1.82) is 5.26 Å². The highest BCUT2D eigenvalue weighted by Gasteiger charge is 2.44. The fourth-order valence-corrected chi connectivity index (χ4v) is 3.59. The minimum Gasteiger partial charge on any atom is -0.465 e. The first-order chi connectivity index (χ1) is 12.3. The SMILES string of the molecule is CCOC(=O)C1=C(N)Oc2c(Br)cc(Cl)cc2[C@H]1[C@@H](C#N)C(=O)OCC. The van der Waals surface area contributed by atoms with Gasteiger partial charge in [0.05, 0.1) is 29.7 Å². The van der Waals surface area contributed by atoms with Gasteiger partial charge in [0.15, 0.2) is 5.92 Å². The third kappa shape index (κ3) is 3.79. The molecule has 0 saturated heterocycles. The van der Waals surface area contributed by atoms with Gasteiger partial charge in [0.1, 0.15) is 11.3 Å². The predicted molar refractivity (Wildman–Crippen MR) is 96.1 cm³/mol. The van der Waals surface area contributed by atoms with E-state index in [4.69, 9.17) is 31.5 Å². The molecule has 2 N–H and O–H groups in total. The van der Waals surface area contributed by atoms with E-state index in [0.717, 1.165) is 0 Å². The number of benzene rings is 1. The van der Waals surface area contributed by atoms with Crippen LogP contribution < -0.4 is 10.5 Å². The summed E-state index contributed by atoms with van der Waals surface area (Å²) in [5, 5.41) is 9.93. The molecule has 1 aliphatic rings. The Hall–Kier alpha value is -2.24. The summed E-state index contributed by atoms with van der Waals surface area (Å²) >= 11 is 9.42. The van der Waals surface area contributed by atoms with Gasteiger partial charge in [-0.05, 0) is 41.9 Å². The molecule has 138 valence electrons. The Morgan fingerprint density at radius 3 is 2.62 bits per heavy atom. The van der Waals surface area contributed by atoms with Crippen LogP contribution in [0.25, 0.3) is 0 Å². The average molecular weight is 444 g/mol. The minimum absolute atomic E-state index is 0.0836. The van der Waals surface area contributed by atoms with Crippen LogP contribution in [0.15, 0.2) is 28.1 Å². The highest BCUT2D eigenvalue weighted by Crippen LogP contribution is 2.47. The molecule has 1 aromatic rings. The van der Waals surface area contributed by atoms with E-state index < -0.39 is 23.8 Å². The van der Waals surface area contributed by atoms with E-state index in [9.17, 15) is 14.9 Å². The monoisotopic (exact) mass is 442 g/mol. The number of hydrogen-bond donors (Lipinski definition) is 1. The van der Waals surface area contributed by atoms with Crippen LogP contribution in [-0.2, 0) is 19.1 Å². The second kappa shape index (κ2) is 8.43. The number of nitrogens with two attached hydrogens (primary N) is 1. The van der Waals surface area contributed by atoms with Gasteiger partial charge in [-0.25, -0.2) is 4.79 Å². The van der Waals surface area contributed by atoms with Gasteiger partial charge >= 0.3 is 11.9 Å². The van der Waals surface area contributed by atoms with E-state index in [1.54, 1.807) is 19.9 Å². The summed E-state index contributed by atoms with van der Waals surface area (Å²) in [7, 11) is 0. The molecular weight excluding hydrogens is 428 g/mol. The molecule has 0 aromatic heterocycles. The number of carbonyl (C=O) groups is 2. The molecule has 7 nitrogen and oxygen atoms in total. The number of carbonyl (C=O) groups excluding carboxylic acids is 2. The molecule has 0 unspecified atom stereocenters. The molecule has 0 aliphatic carbocycles. The lowest BCUT2D eigenvalue weighted by Gasteiger charge is -2.30. The number of nitrogens with zero attached hydrogens (tertiary/aromatic N) is 1. The Morgan fingerprint density at radius 2 is 2.04 bits per heavy atom. The van der Waals surface area contributed by atoms with Crippen LogP contribution >= 0.6 is 27.5 Å². The number of rotatable bonds is 5. The maximum atomic E-state index is 12.5. The van der Waals surface area contributed by atoms with Gasteiger partial charge in [-0.1, -0.05) is 11.6 Å². The lowest BCUT2D eigenvalue weighted by molar-refractivity contribution is -0.146. The van der Waals surface area contributed by atoms with Crippen LogP contribution in [0.3, 0.4) is 0 Å². The third-order valence-electron chi connectivity index (χ3n) is 3.67. The Labute approximate surface area is 163 Å². The Balaban J connectivity index is 2.70. The first-order valence-corrected chi connectivity index (χ1v) is 8.92. The zero-order valence-corrected chi connectivity index (χ0v) is 16.4. The van der Waals surface area contributed by atoms with Crippen LogP contribution in [-0.4, -0.2) is 25.2 Å². The Morgan fingerprint density at radius 1 is 1.38 bits per heavy atom. The summed E-state index contributed by atoms with van der Waals surface area (Å²) in [4.78, 5) is 24.8. The molecule has 0 spiro atoms. The zero-order valence-electron chi connectivity index (χ0n) is 14.0. The van der Waals surface area contributed by atoms with E-state index in [-0.39, 0.29) is 30.4 Å². The van der Waals surface area contributed by atoms with Gasteiger partial charge < -0.3 is 19.9 Å². The predicted octanol–water partition coefficient (Wildman–Crippen LogP) is 3.01. The number of fused-ring (bicyclic) bond motifs is 1. The summed E-state index contributed by atoms with van der Waals surface area (Å²) in [6, 6.07) is 4.99. The van der Waals surface area contributed by atoms with Crippen molar-refractivity contribution in [1.82, 2.24) is 0 Å². The number of halogens is 2. The Bertz CT molecular complexity index is 818. The van der Waals surface area contributed by atoms with Gasteiger partial charge in [-0.3, -0.25) is 4.79 Å². The number of nitriles is 1. The lowest BCUT2D eigenvalue weighted by atomic mass is 9.79. The van der Waals surface area contributed by atoms with Crippen LogP contribution in [0.5, 0.6) is 5.75 Å². The number of hydrogen-bond acceptors (Lipinski definition) is 7. The first-order valence-electron chi connectivity index (χ1n) is 7.75. The molecule has 0 radical (unpaired) electrons. The van der Waals surface area contributed by atoms with Crippen LogP contribution in [0.4, 0.5) is 0 Å². The first kappa shape index (κ1) is 20.1. The summed E-state index contributed by atoms with van der Waals surface area (Å²) < 4.78 is 16.0. The molecule has 0 fully saturated rings. The second-order valence-corrected chi connectivity index (χ2v) is 6.53. The summed E-state index contributed by atoms with van der Waals surface area (Å²) in [5.41, 5.74) is 6.17. The van der Waals surface area contributed by atoms with Crippen LogP contribution in [0.1, 0.15) is 25.3 Å². The largest absolute Gasteiger partial charge is 0.465 e. The third-order valence-corrected chi connectivity index (χ3v) is 4.48. The van der Waals surface area contributed by atoms with Crippen molar-refractivity contribution in [2.45, 2.75) is 19.8 Å². The van der Waals surface area contributed by atoms with E-state index >= 15 is 0 Å². The molecular formula is C17H16BrClN2O5. The van der Waals surface area contributed by atoms with Crippen molar-refractivity contribution in [2.24, 2.45) is 11.7 Å². The van der Waals surface area contributed by atoms with Crippen LogP contribution in [0, 0.1) is 17.2 Å². The number of esters is 2. The minimum atomic E-state index is -1.33. The molecule has 0 saturated carbocycles. The zero-order chi connectivity index (χ0) is 19.4. The standard InChI is InChI=1S/C17H16BrClN2O5/c1-3-24-16(22)10(7-20)12-9-5-8(19)6-11(18)14(9)26-15(21)13(12)17(23)25-4-2/h5-6,10,12H,3-4,21H2,1-2H3/t10-,12+/m1/s1. The van der Waals surface area contributed by atoms with E-state index in [2.05, 4.69) is 15.9 Å². The maximum Gasteiger partial charge on any atom is 0.340 e. The normalized spacial score (nSPS) is 16.8. The summed E-state index contributed by atoms with van der Waals surface area (Å²) in [6.07, 6.45) is 0. The van der Waals surface area contributed by atoms with Crippen molar-refractivity contribution >= 4 is 39.5 Å². The fraction of sp³-hybridized carbons (Fsp3) is 0.353. The molecule has 9 heteroatoms. The number of ether oxygens (including phenoxy) is 3. The molecule has 1 aliphatic heterocycles. The quantitative estimate of drug-likeness (QED) is 0.696. The highest BCUT2D eigenvalue weighted by molar-refractivity contribution is 9.10. The van der Waals surface area contributed by atoms with E-state index in [1.807, 2.05) is 6.07 Å². The second-order valence-electron chi connectivity index (χ2n) is 5.24. The summed E-state index contributed by atoms with van der Waals surface area (Å²) in [5.74, 6) is -3.90. The van der Waals surface area contributed by atoms with Gasteiger partial charge in [-0.15, -0.1) is 0 Å². The van der Waals surface area contributed by atoms with E-state index in [1.165, 1.54) is 6.07 Å². The van der Waals surface area contributed by atoms with Crippen molar-refractivity contribution in [3.05, 3.63) is 38.6 Å². The molecule has 1 aromatic carbocycles. The van der Waals surface area contributed by atoms with Crippen LogP contribution in [0.2, 0.25) is 5.02 Å². The Kier molecular flexibility index (Phi) is 6.51. The van der Waals surface area contributed by atoms with Crippen molar-refractivity contribution in [3.8, 4) is 11.8 Å². The maximum absolute atomic E-state index is 12.5. The summed E-state index contributed by atoms with van der Waals surface area (Å²) in [6.45, 7) is 3.42. The van der Waals surface area contributed by atoms with Gasteiger partial charge in [0.2, 0.25) is 5.88 Å². The fourth-order valence-electron chi connectivity index (χ4n) is 2.67. The van der Waals surface area contributed by atoms with Crippen molar-refractivity contribution < 1.29 is 23.8 Å². The molecule has 1 heterocycles. The average Bonchev–Trinajstić information content (AvgIpc) is 2.56. The van der Waals surface area contributed by atoms with Gasteiger partial charge in [-0.2, -0.15) is 5.26 Å². The van der Waals surface area contributed by atoms with E-state index in [0.29, 0.717) is 15.1 Å². The topological polar surface area (TPSA) is 112 Å². The lowest BCUT2D eigenvalue weighted by Crippen LogP contribution is -2.34. The van der Waals surface area contributed by atoms with Gasteiger partial charge in [0, 0.05) is 10.6 Å².